The Bertz CT molecular complexity index is 708. The number of benzene rings is 2. The van der Waals surface area contributed by atoms with E-state index in [1.165, 1.54) is 13.0 Å². The van der Waals surface area contributed by atoms with E-state index in [0.29, 0.717) is 0 Å². The fourth-order valence-electron chi connectivity index (χ4n) is 1.58. The number of hydrogen-bond acceptors (Lipinski definition) is 3. The average Bonchev–Trinajstić information content (AvgIpc) is 2.37. The van der Waals surface area contributed by atoms with Gasteiger partial charge >= 0.3 is 0 Å². The third-order valence-corrected chi connectivity index (χ3v) is 3.80. The first-order chi connectivity index (χ1) is 8.53. The number of fused-ring (bicyclic) bond motifs is 1. The van der Waals surface area contributed by atoms with Gasteiger partial charge in [-0.25, -0.2) is 0 Å². The number of rotatable bonds is 2. The molecule has 0 radical (unpaired) electrons. The zero-order chi connectivity index (χ0) is 13.2. The van der Waals surface area contributed by atoms with Gasteiger partial charge in [-0.1, -0.05) is 30.3 Å². The van der Waals surface area contributed by atoms with E-state index >= 15 is 0 Å². The van der Waals surface area contributed by atoms with Gasteiger partial charge in [0.25, 0.3) is 10.0 Å². The Morgan fingerprint density at radius 1 is 1.17 bits per heavy atom. The number of nitrogens with one attached hydrogen (secondary N) is 1. The monoisotopic (exact) mass is 264 g/mol. The van der Waals surface area contributed by atoms with Crippen molar-refractivity contribution in [3.8, 4) is 0 Å². The van der Waals surface area contributed by atoms with Gasteiger partial charge in [0.15, 0.2) is 0 Å². The second-order valence-electron chi connectivity index (χ2n) is 3.77. The van der Waals surface area contributed by atoms with Gasteiger partial charge in [-0.3, -0.25) is 10.7 Å². The van der Waals surface area contributed by atoms with Crippen LogP contribution in [-0.4, -0.2) is 19.5 Å². The molecule has 0 amide bonds. The lowest BCUT2D eigenvalue weighted by Gasteiger charge is -2.03. The van der Waals surface area contributed by atoms with Crippen molar-refractivity contribution >= 4 is 26.6 Å². The summed E-state index contributed by atoms with van der Waals surface area (Å²) in [4.78, 5) is 0.0933. The van der Waals surface area contributed by atoms with E-state index in [-0.39, 0.29) is 10.7 Å². The Balaban J connectivity index is 2.55. The minimum absolute atomic E-state index is 0.0804. The lowest BCUT2D eigenvalue weighted by atomic mass is 10.1. The highest BCUT2D eigenvalue weighted by Crippen LogP contribution is 2.20. The Labute approximate surface area is 105 Å². The third-order valence-electron chi connectivity index (χ3n) is 2.44. The number of sulfonamides is 1. The molecule has 0 aliphatic rings. The molecule has 0 atom stereocenters. The maximum atomic E-state index is 11.9. The summed E-state index contributed by atoms with van der Waals surface area (Å²) in [6, 6.07) is 12.2. The molecule has 0 aliphatic carbocycles. The van der Waals surface area contributed by atoms with Gasteiger partial charge in [0.1, 0.15) is 5.84 Å². The van der Waals surface area contributed by atoms with Crippen molar-refractivity contribution in [1.29, 1.82) is 0 Å². The van der Waals surface area contributed by atoms with Gasteiger partial charge in [0, 0.05) is 0 Å². The second kappa shape index (κ2) is 4.75. The highest BCUT2D eigenvalue weighted by Gasteiger charge is 2.13. The molecule has 2 N–H and O–H groups in total. The van der Waals surface area contributed by atoms with Crippen LogP contribution in [-0.2, 0) is 10.0 Å². The topological polar surface area (TPSA) is 78.8 Å². The molecule has 2 rings (SSSR count). The third kappa shape index (κ3) is 2.49. The molecule has 18 heavy (non-hydrogen) atoms. The number of hydrogen-bond donors (Lipinski definition) is 2. The molecular weight excluding hydrogens is 252 g/mol. The SMILES string of the molecule is CC(=NS(=O)(=O)c1ccc2ccccc2c1)NO. The smallest absolute Gasteiger partial charge is 0.284 e. The minimum atomic E-state index is -3.80. The molecule has 0 bridgehead atoms. The van der Waals surface area contributed by atoms with Crippen LogP contribution in [0.3, 0.4) is 0 Å². The fraction of sp³-hybridized carbons (Fsp3) is 0.0833. The molecule has 0 saturated carbocycles. The van der Waals surface area contributed by atoms with E-state index in [4.69, 9.17) is 5.21 Å². The van der Waals surface area contributed by atoms with E-state index in [1.54, 1.807) is 17.6 Å². The molecule has 0 aliphatic heterocycles. The Morgan fingerprint density at radius 3 is 2.50 bits per heavy atom. The molecule has 0 saturated heterocycles. The van der Waals surface area contributed by atoms with Crippen molar-refractivity contribution in [3.05, 3.63) is 42.5 Å². The van der Waals surface area contributed by atoms with Crippen molar-refractivity contribution in [1.82, 2.24) is 5.48 Å². The largest absolute Gasteiger partial charge is 0.290 e. The molecule has 0 unspecified atom stereocenters. The quantitative estimate of drug-likeness (QED) is 0.493. The second-order valence-corrected chi connectivity index (χ2v) is 5.38. The van der Waals surface area contributed by atoms with Crippen LogP contribution >= 0.6 is 0 Å². The maximum absolute atomic E-state index is 11.9. The molecule has 0 spiro atoms. The summed E-state index contributed by atoms with van der Waals surface area (Å²) in [6.45, 7) is 1.36. The van der Waals surface area contributed by atoms with Crippen LogP contribution in [0, 0.1) is 0 Å². The van der Waals surface area contributed by atoms with Crippen molar-refractivity contribution in [2.45, 2.75) is 11.8 Å². The van der Waals surface area contributed by atoms with Crippen molar-refractivity contribution in [2.75, 3.05) is 0 Å². The first-order valence-corrected chi connectivity index (χ1v) is 6.67. The van der Waals surface area contributed by atoms with Crippen LogP contribution in [0.5, 0.6) is 0 Å². The predicted octanol–water partition coefficient (Wildman–Crippen LogP) is 1.93. The minimum Gasteiger partial charge on any atom is -0.290 e. The maximum Gasteiger partial charge on any atom is 0.284 e. The van der Waals surface area contributed by atoms with E-state index in [0.717, 1.165) is 10.8 Å². The zero-order valence-corrected chi connectivity index (χ0v) is 10.5. The van der Waals surface area contributed by atoms with Crippen molar-refractivity contribution < 1.29 is 13.6 Å². The lowest BCUT2D eigenvalue weighted by Crippen LogP contribution is -2.16. The lowest BCUT2D eigenvalue weighted by molar-refractivity contribution is 0.234. The standard InChI is InChI=1S/C12H12N2O3S/c1-9(13-15)14-18(16,17)12-7-6-10-4-2-3-5-11(10)8-12/h2-8,15H,1H3,(H,13,14). The summed E-state index contributed by atoms with van der Waals surface area (Å²) in [5, 5.41) is 10.4. The summed E-state index contributed by atoms with van der Waals surface area (Å²) in [6.07, 6.45) is 0. The summed E-state index contributed by atoms with van der Waals surface area (Å²) >= 11 is 0. The van der Waals surface area contributed by atoms with Gasteiger partial charge in [0.05, 0.1) is 4.90 Å². The van der Waals surface area contributed by atoms with Crippen molar-refractivity contribution in [3.63, 3.8) is 0 Å². The van der Waals surface area contributed by atoms with Gasteiger partial charge in [-0.05, 0) is 29.8 Å². The molecule has 2 aromatic carbocycles. The average molecular weight is 264 g/mol. The Hall–Kier alpha value is -1.92. The number of nitrogens with zero attached hydrogens (tertiary/aromatic N) is 1. The molecular formula is C12H12N2O3S. The molecule has 6 heteroatoms. The van der Waals surface area contributed by atoms with Crippen LogP contribution < -0.4 is 5.48 Å². The summed E-state index contributed by atoms with van der Waals surface area (Å²) in [5.74, 6) is -0.0804. The van der Waals surface area contributed by atoms with Crippen LogP contribution in [0.2, 0.25) is 0 Å². The van der Waals surface area contributed by atoms with Crippen LogP contribution in [0.1, 0.15) is 6.92 Å². The van der Waals surface area contributed by atoms with Gasteiger partial charge in [-0.2, -0.15) is 8.42 Å². The molecule has 2 aromatic rings. The zero-order valence-electron chi connectivity index (χ0n) is 9.66. The van der Waals surface area contributed by atoms with Crippen molar-refractivity contribution in [2.24, 2.45) is 4.40 Å². The van der Waals surface area contributed by atoms with E-state index in [1.807, 2.05) is 24.3 Å². The molecule has 94 valence electrons. The van der Waals surface area contributed by atoms with E-state index in [2.05, 4.69) is 4.40 Å². The highest BCUT2D eigenvalue weighted by atomic mass is 32.2. The highest BCUT2D eigenvalue weighted by molar-refractivity contribution is 7.90. The van der Waals surface area contributed by atoms with Gasteiger partial charge in [0.2, 0.25) is 0 Å². The van der Waals surface area contributed by atoms with Crippen LogP contribution in [0.25, 0.3) is 10.8 Å². The number of amidine groups is 1. The van der Waals surface area contributed by atoms with E-state index in [9.17, 15) is 8.42 Å². The van der Waals surface area contributed by atoms with Gasteiger partial charge in [-0.15, -0.1) is 4.40 Å². The Morgan fingerprint density at radius 2 is 1.83 bits per heavy atom. The van der Waals surface area contributed by atoms with E-state index < -0.39 is 10.0 Å². The molecule has 5 nitrogen and oxygen atoms in total. The number of hydroxylamine groups is 1. The first kappa shape index (κ1) is 12.5. The molecule has 0 aromatic heterocycles. The predicted molar refractivity (Wildman–Crippen MR) is 69.2 cm³/mol. The first-order valence-electron chi connectivity index (χ1n) is 5.23. The van der Waals surface area contributed by atoms with Gasteiger partial charge < -0.3 is 0 Å². The normalized spacial score (nSPS) is 12.7. The Kier molecular flexibility index (Phi) is 3.31. The molecule has 0 fully saturated rings. The van der Waals surface area contributed by atoms with Crippen LogP contribution in [0.15, 0.2) is 51.8 Å². The van der Waals surface area contributed by atoms with Crippen LogP contribution in [0.4, 0.5) is 0 Å². The summed E-state index contributed by atoms with van der Waals surface area (Å²) < 4.78 is 27.2. The summed E-state index contributed by atoms with van der Waals surface area (Å²) in [7, 11) is -3.80. The molecule has 0 heterocycles. The summed E-state index contributed by atoms with van der Waals surface area (Å²) in [5.41, 5.74) is 1.70. The fourth-order valence-corrected chi connectivity index (χ4v) is 2.60.